The Kier molecular flexibility index (Phi) is 4.81. The molecule has 3 rings (SSSR count). The molecule has 5 nitrogen and oxygen atoms in total. The first-order chi connectivity index (χ1) is 11.5. The van der Waals surface area contributed by atoms with Crippen molar-refractivity contribution in [2.45, 2.75) is 25.3 Å². The van der Waals surface area contributed by atoms with Crippen molar-refractivity contribution in [2.75, 3.05) is 0 Å². The fraction of sp³-hybridized carbons (Fsp3) is 0.278. The van der Waals surface area contributed by atoms with Gasteiger partial charge in [0.15, 0.2) is 0 Å². The van der Waals surface area contributed by atoms with Crippen LogP contribution >= 0.6 is 11.6 Å². The van der Waals surface area contributed by atoms with Crippen LogP contribution < -0.4 is 5.32 Å². The van der Waals surface area contributed by atoms with Gasteiger partial charge in [-0.3, -0.25) is 9.78 Å². The quantitative estimate of drug-likeness (QED) is 0.841. The van der Waals surface area contributed by atoms with Crippen LogP contribution in [0.3, 0.4) is 0 Å². The molecule has 1 aromatic carbocycles. The van der Waals surface area contributed by atoms with E-state index < -0.39 is 17.9 Å². The lowest BCUT2D eigenvalue weighted by Gasteiger charge is -2.15. The highest BCUT2D eigenvalue weighted by atomic mass is 35.5. The molecule has 1 atom stereocenters. The average molecular weight is 345 g/mol. The molecule has 0 radical (unpaired) electrons. The Labute approximate surface area is 144 Å². The molecule has 124 valence electrons. The summed E-state index contributed by atoms with van der Waals surface area (Å²) in [5.74, 6) is -1.11. The second-order valence-corrected chi connectivity index (χ2v) is 6.36. The molecule has 1 aliphatic rings. The number of aliphatic carboxylic acids is 1. The smallest absolute Gasteiger partial charge is 0.326 e. The highest BCUT2D eigenvalue weighted by Gasteiger charge is 2.30. The van der Waals surface area contributed by atoms with E-state index in [1.807, 2.05) is 18.2 Å². The third kappa shape index (κ3) is 3.92. The van der Waals surface area contributed by atoms with Gasteiger partial charge in [-0.05, 0) is 36.6 Å². The summed E-state index contributed by atoms with van der Waals surface area (Å²) >= 11 is 6.13. The first kappa shape index (κ1) is 16.5. The highest BCUT2D eigenvalue weighted by Crippen LogP contribution is 2.33. The van der Waals surface area contributed by atoms with Crippen molar-refractivity contribution in [3.8, 4) is 11.3 Å². The van der Waals surface area contributed by atoms with Gasteiger partial charge in [0.1, 0.15) is 6.04 Å². The van der Waals surface area contributed by atoms with Crippen molar-refractivity contribution in [3.05, 3.63) is 53.2 Å². The summed E-state index contributed by atoms with van der Waals surface area (Å²) in [4.78, 5) is 28.1. The minimum atomic E-state index is -1.02. The Morgan fingerprint density at radius 1 is 1.29 bits per heavy atom. The fourth-order valence-electron chi connectivity index (χ4n) is 2.54. The van der Waals surface area contributed by atoms with Gasteiger partial charge in [-0.15, -0.1) is 0 Å². The van der Waals surface area contributed by atoms with E-state index >= 15 is 0 Å². The SMILES string of the molecule is O=C(NC(CC1CC1)C(=O)O)c1cc(-c2ccccn2)ccc1Cl. The number of nitrogens with one attached hydrogen (secondary N) is 1. The maximum absolute atomic E-state index is 12.5. The average Bonchev–Trinajstić information content (AvgIpc) is 3.39. The normalized spacial score (nSPS) is 14.9. The first-order valence-corrected chi connectivity index (χ1v) is 8.17. The molecule has 1 heterocycles. The van der Waals surface area contributed by atoms with E-state index in [0.29, 0.717) is 12.3 Å². The molecule has 1 saturated carbocycles. The molecule has 0 aliphatic heterocycles. The Hall–Kier alpha value is -2.40. The Bertz CT molecular complexity index is 760. The summed E-state index contributed by atoms with van der Waals surface area (Å²) in [5, 5.41) is 12.2. The number of hydrogen-bond donors (Lipinski definition) is 2. The number of halogens is 1. The van der Waals surface area contributed by atoms with Gasteiger partial charge in [0.05, 0.1) is 16.3 Å². The van der Waals surface area contributed by atoms with E-state index in [2.05, 4.69) is 10.3 Å². The van der Waals surface area contributed by atoms with Crippen LogP contribution in [0.25, 0.3) is 11.3 Å². The van der Waals surface area contributed by atoms with Gasteiger partial charge in [-0.1, -0.05) is 36.6 Å². The molecule has 0 saturated heterocycles. The number of aromatic nitrogens is 1. The second kappa shape index (κ2) is 7.01. The summed E-state index contributed by atoms with van der Waals surface area (Å²) in [7, 11) is 0. The molecule has 1 fully saturated rings. The van der Waals surface area contributed by atoms with Gasteiger partial charge in [-0.2, -0.15) is 0 Å². The number of nitrogens with zero attached hydrogens (tertiary/aromatic N) is 1. The Balaban J connectivity index is 1.82. The van der Waals surface area contributed by atoms with Crippen molar-refractivity contribution in [1.29, 1.82) is 0 Å². The summed E-state index contributed by atoms with van der Waals surface area (Å²) in [6, 6.07) is 9.64. The lowest BCUT2D eigenvalue weighted by atomic mass is 10.1. The molecular formula is C18H17ClN2O3. The molecule has 1 aromatic heterocycles. The van der Waals surface area contributed by atoms with E-state index in [-0.39, 0.29) is 10.6 Å². The summed E-state index contributed by atoms with van der Waals surface area (Å²) in [6.45, 7) is 0. The lowest BCUT2D eigenvalue weighted by Crippen LogP contribution is -2.41. The van der Waals surface area contributed by atoms with Gasteiger partial charge in [0.2, 0.25) is 0 Å². The highest BCUT2D eigenvalue weighted by molar-refractivity contribution is 6.34. The number of benzene rings is 1. The maximum atomic E-state index is 12.5. The van der Waals surface area contributed by atoms with Gasteiger partial charge in [0.25, 0.3) is 5.91 Å². The van der Waals surface area contributed by atoms with Gasteiger partial charge < -0.3 is 10.4 Å². The van der Waals surface area contributed by atoms with Crippen LogP contribution in [-0.2, 0) is 4.79 Å². The molecule has 0 spiro atoms. The molecule has 24 heavy (non-hydrogen) atoms. The van der Waals surface area contributed by atoms with Crippen LogP contribution in [0.4, 0.5) is 0 Å². The summed E-state index contributed by atoms with van der Waals surface area (Å²) in [5.41, 5.74) is 1.72. The van der Waals surface area contributed by atoms with Crippen molar-refractivity contribution in [3.63, 3.8) is 0 Å². The van der Waals surface area contributed by atoms with Crippen molar-refractivity contribution in [1.82, 2.24) is 10.3 Å². The van der Waals surface area contributed by atoms with Gasteiger partial charge >= 0.3 is 5.97 Å². The predicted octanol–water partition coefficient (Wildman–Crippen LogP) is 3.39. The number of amides is 1. The molecule has 2 aromatic rings. The van der Waals surface area contributed by atoms with Gasteiger partial charge in [-0.25, -0.2) is 4.79 Å². The third-order valence-electron chi connectivity index (χ3n) is 4.04. The Morgan fingerprint density at radius 3 is 2.71 bits per heavy atom. The van der Waals surface area contributed by atoms with Crippen molar-refractivity contribution in [2.24, 2.45) is 5.92 Å². The molecule has 1 aliphatic carbocycles. The molecule has 6 heteroatoms. The third-order valence-corrected chi connectivity index (χ3v) is 4.37. The minimum absolute atomic E-state index is 0.252. The molecule has 2 N–H and O–H groups in total. The van der Waals surface area contributed by atoms with E-state index in [4.69, 9.17) is 11.6 Å². The molecule has 1 amide bonds. The van der Waals surface area contributed by atoms with Crippen LogP contribution in [-0.4, -0.2) is 28.0 Å². The minimum Gasteiger partial charge on any atom is -0.480 e. The number of carbonyl (C=O) groups excluding carboxylic acids is 1. The molecule has 1 unspecified atom stereocenters. The van der Waals surface area contributed by atoms with Gasteiger partial charge in [0, 0.05) is 11.8 Å². The van der Waals surface area contributed by atoms with Crippen molar-refractivity contribution < 1.29 is 14.7 Å². The molecule has 0 bridgehead atoms. The van der Waals surface area contributed by atoms with Crippen molar-refractivity contribution >= 4 is 23.5 Å². The number of carbonyl (C=O) groups is 2. The second-order valence-electron chi connectivity index (χ2n) is 5.95. The zero-order valence-electron chi connectivity index (χ0n) is 12.9. The lowest BCUT2D eigenvalue weighted by molar-refractivity contribution is -0.139. The standard InChI is InChI=1S/C18H17ClN2O3/c19-14-7-6-12(15-3-1-2-8-20-15)10-13(14)17(22)21-16(18(23)24)9-11-4-5-11/h1-3,6-8,10-11,16H,4-5,9H2,(H,21,22)(H,23,24). The predicted molar refractivity (Wildman–Crippen MR) is 90.9 cm³/mol. The largest absolute Gasteiger partial charge is 0.480 e. The van der Waals surface area contributed by atoms with Crippen LogP contribution in [0.1, 0.15) is 29.6 Å². The van der Waals surface area contributed by atoms with E-state index in [9.17, 15) is 14.7 Å². The van der Waals surface area contributed by atoms with Crippen LogP contribution in [0, 0.1) is 5.92 Å². The first-order valence-electron chi connectivity index (χ1n) is 7.79. The number of pyridine rings is 1. The molecular weight excluding hydrogens is 328 g/mol. The Morgan fingerprint density at radius 2 is 2.08 bits per heavy atom. The zero-order valence-corrected chi connectivity index (χ0v) is 13.7. The topological polar surface area (TPSA) is 79.3 Å². The summed E-state index contributed by atoms with van der Waals surface area (Å²) < 4.78 is 0. The summed E-state index contributed by atoms with van der Waals surface area (Å²) in [6.07, 6.45) is 4.17. The maximum Gasteiger partial charge on any atom is 0.326 e. The number of hydrogen-bond acceptors (Lipinski definition) is 3. The monoisotopic (exact) mass is 344 g/mol. The van der Waals surface area contributed by atoms with Crippen LogP contribution in [0.5, 0.6) is 0 Å². The van der Waals surface area contributed by atoms with E-state index in [1.54, 1.807) is 24.4 Å². The number of rotatable bonds is 6. The van der Waals surface area contributed by atoms with Crippen LogP contribution in [0.2, 0.25) is 5.02 Å². The van der Waals surface area contributed by atoms with E-state index in [0.717, 1.165) is 24.1 Å². The van der Waals surface area contributed by atoms with E-state index in [1.165, 1.54) is 0 Å². The van der Waals surface area contributed by atoms with Crippen LogP contribution in [0.15, 0.2) is 42.6 Å². The fourth-order valence-corrected chi connectivity index (χ4v) is 2.74. The number of carboxylic acids is 1. The zero-order chi connectivity index (χ0) is 17.1. The number of carboxylic acid groups (broad SMARTS) is 1.